The molecule has 1 heterocycles. The molecule has 1 rings (SSSR count). The smallest absolute Gasteiger partial charge is 0.0420 e. The Hall–Kier alpha value is -0.340. The van der Waals surface area contributed by atoms with E-state index in [0.717, 1.165) is 6.54 Å². The average molecular weight is 282 g/mol. The van der Waals surface area contributed by atoms with Crippen LogP contribution < -0.4 is 5.32 Å². The van der Waals surface area contributed by atoms with E-state index < -0.39 is 0 Å². The summed E-state index contributed by atoms with van der Waals surface area (Å²) >= 11 is 1.96. The molecule has 2 unspecified atom stereocenters. The number of aryl methyl sites for hydroxylation is 2. The lowest BCUT2D eigenvalue weighted by Gasteiger charge is -2.31. The molecule has 0 aliphatic carbocycles. The Morgan fingerprint density at radius 2 is 1.89 bits per heavy atom. The first-order valence-electron chi connectivity index (χ1n) is 7.56. The monoisotopic (exact) mass is 281 g/mol. The minimum Gasteiger partial charge on any atom is -0.309 e. The summed E-state index contributed by atoms with van der Waals surface area (Å²) in [4.78, 5) is 2.97. The summed E-state index contributed by atoms with van der Waals surface area (Å²) in [6.45, 7) is 17.2. The van der Waals surface area contributed by atoms with Gasteiger partial charge in [-0.1, -0.05) is 34.6 Å². The Bertz CT molecular complexity index is 386. The fraction of sp³-hybridized carbons (Fsp3) is 0.765. The molecule has 1 nitrogen and oxygen atoms in total. The molecular weight excluding hydrogens is 250 g/mol. The molecule has 1 aromatic heterocycles. The highest BCUT2D eigenvalue weighted by atomic mass is 32.1. The van der Waals surface area contributed by atoms with Gasteiger partial charge < -0.3 is 5.32 Å². The summed E-state index contributed by atoms with van der Waals surface area (Å²) in [5, 5.41) is 3.75. The van der Waals surface area contributed by atoms with E-state index in [0.29, 0.717) is 17.4 Å². The maximum Gasteiger partial charge on any atom is 0.0420 e. The molecule has 0 radical (unpaired) electrons. The number of hydrogen-bond acceptors (Lipinski definition) is 2. The van der Waals surface area contributed by atoms with Gasteiger partial charge in [0.2, 0.25) is 0 Å². The van der Waals surface area contributed by atoms with Crippen LogP contribution in [-0.2, 0) is 0 Å². The molecule has 1 N–H and O–H groups in total. The highest BCUT2D eigenvalue weighted by Crippen LogP contribution is 2.36. The number of hydrogen-bond donors (Lipinski definition) is 1. The molecule has 110 valence electrons. The molecule has 0 saturated carbocycles. The van der Waals surface area contributed by atoms with Crippen molar-refractivity contribution in [3.8, 4) is 0 Å². The van der Waals surface area contributed by atoms with Crippen molar-refractivity contribution in [2.24, 2.45) is 11.3 Å². The van der Waals surface area contributed by atoms with Gasteiger partial charge in [0.25, 0.3) is 0 Å². The molecule has 0 amide bonds. The quantitative estimate of drug-likeness (QED) is 0.728. The standard InChI is InChI=1S/C17H31NS/c1-8-9-18-15(11-13(3)17(5,6)7)16-12(2)10-14(4)19-16/h10,13,15,18H,8-9,11H2,1-7H3. The van der Waals surface area contributed by atoms with E-state index in [2.05, 4.69) is 59.8 Å². The molecule has 0 aliphatic heterocycles. The van der Waals surface area contributed by atoms with Crippen molar-refractivity contribution in [3.05, 3.63) is 21.4 Å². The largest absolute Gasteiger partial charge is 0.309 e. The fourth-order valence-electron chi connectivity index (χ4n) is 2.31. The van der Waals surface area contributed by atoms with E-state index in [-0.39, 0.29) is 0 Å². The van der Waals surface area contributed by atoms with E-state index in [1.54, 1.807) is 4.88 Å². The summed E-state index contributed by atoms with van der Waals surface area (Å²) in [5.41, 5.74) is 1.84. The first-order valence-corrected chi connectivity index (χ1v) is 8.37. The van der Waals surface area contributed by atoms with Gasteiger partial charge in [-0.05, 0) is 56.2 Å². The second-order valence-electron chi connectivity index (χ2n) is 6.91. The first kappa shape index (κ1) is 16.7. The Labute approximate surface area is 123 Å². The van der Waals surface area contributed by atoms with Crippen LogP contribution in [0.25, 0.3) is 0 Å². The van der Waals surface area contributed by atoms with Crippen LogP contribution in [0.1, 0.15) is 68.8 Å². The van der Waals surface area contributed by atoms with E-state index in [1.807, 2.05) is 11.3 Å². The Balaban J connectivity index is 2.86. The van der Waals surface area contributed by atoms with Crippen molar-refractivity contribution in [3.63, 3.8) is 0 Å². The predicted octanol–water partition coefficient (Wildman–Crippen LogP) is 5.48. The van der Waals surface area contributed by atoms with Gasteiger partial charge >= 0.3 is 0 Å². The summed E-state index contributed by atoms with van der Waals surface area (Å²) in [6.07, 6.45) is 2.42. The van der Waals surface area contributed by atoms with Crippen molar-refractivity contribution in [2.75, 3.05) is 6.54 Å². The lowest BCUT2D eigenvalue weighted by atomic mass is 9.78. The van der Waals surface area contributed by atoms with Gasteiger partial charge in [0, 0.05) is 15.8 Å². The zero-order valence-corrected chi connectivity index (χ0v) is 14.6. The molecule has 1 aromatic rings. The van der Waals surface area contributed by atoms with E-state index in [1.165, 1.54) is 23.3 Å². The van der Waals surface area contributed by atoms with Gasteiger partial charge in [-0.3, -0.25) is 0 Å². The summed E-state index contributed by atoms with van der Waals surface area (Å²) in [7, 11) is 0. The maximum absolute atomic E-state index is 3.75. The van der Waals surface area contributed by atoms with Gasteiger partial charge in [0.1, 0.15) is 0 Å². The third-order valence-electron chi connectivity index (χ3n) is 4.10. The van der Waals surface area contributed by atoms with Crippen LogP contribution in [0.2, 0.25) is 0 Å². The van der Waals surface area contributed by atoms with Gasteiger partial charge in [-0.15, -0.1) is 11.3 Å². The highest BCUT2D eigenvalue weighted by Gasteiger charge is 2.25. The van der Waals surface area contributed by atoms with Gasteiger partial charge in [0.05, 0.1) is 0 Å². The molecule has 19 heavy (non-hydrogen) atoms. The number of thiophene rings is 1. The van der Waals surface area contributed by atoms with Crippen molar-refractivity contribution < 1.29 is 0 Å². The molecule has 0 bridgehead atoms. The molecular formula is C17H31NS. The molecule has 0 aromatic carbocycles. The van der Waals surface area contributed by atoms with Crippen molar-refractivity contribution >= 4 is 11.3 Å². The van der Waals surface area contributed by atoms with Crippen molar-refractivity contribution in [1.29, 1.82) is 0 Å². The highest BCUT2D eigenvalue weighted by molar-refractivity contribution is 7.12. The van der Waals surface area contributed by atoms with Crippen LogP contribution >= 0.6 is 11.3 Å². The van der Waals surface area contributed by atoms with Crippen LogP contribution in [0.15, 0.2) is 6.07 Å². The summed E-state index contributed by atoms with van der Waals surface area (Å²) in [6, 6.07) is 2.84. The van der Waals surface area contributed by atoms with Gasteiger partial charge in [0.15, 0.2) is 0 Å². The number of rotatable bonds is 6. The van der Waals surface area contributed by atoms with Gasteiger partial charge in [-0.2, -0.15) is 0 Å². The van der Waals surface area contributed by atoms with Crippen LogP contribution in [0.4, 0.5) is 0 Å². The van der Waals surface area contributed by atoms with E-state index in [9.17, 15) is 0 Å². The Kier molecular flexibility index (Phi) is 6.07. The molecule has 0 saturated heterocycles. The predicted molar refractivity (Wildman–Crippen MR) is 88.1 cm³/mol. The first-order chi connectivity index (χ1) is 8.75. The fourth-order valence-corrected chi connectivity index (χ4v) is 3.44. The minimum absolute atomic E-state index is 0.381. The molecule has 2 atom stereocenters. The number of nitrogens with one attached hydrogen (secondary N) is 1. The van der Waals surface area contributed by atoms with Crippen LogP contribution in [0.3, 0.4) is 0 Å². The normalized spacial score (nSPS) is 15.5. The molecule has 0 aliphatic rings. The second kappa shape index (κ2) is 6.90. The lowest BCUT2D eigenvalue weighted by molar-refractivity contribution is 0.224. The third kappa shape index (κ3) is 4.92. The molecule has 2 heteroatoms. The third-order valence-corrected chi connectivity index (χ3v) is 5.37. The minimum atomic E-state index is 0.381. The average Bonchev–Trinajstić information content (AvgIpc) is 2.62. The second-order valence-corrected chi connectivity index (χ2v) is 8.20. The lowest BCUT2D eigenvalue weighted by Crippen LogP contribution is -2.28. The molecule has 0 fully saturated rings. The summed E-state index contributed by atoms with van der Waals surface area (Å²) in [5.74, 6) is 0.712. The van der Waals surface area contributed by atoms with Crippen LogP contribution in [-0.4, -0.2) is 6.54 Å². The van der Waals surface area contributed by atoms with Gasteiger partial charge in [-0.25, -0.2) is 0 Å². The van der Waals surface area contributed by atoms with Crippen LogP contribution in [0, 0.1) is 25.2 Å². The van der Waals surface area contributed by atoms with E-state index >= 15 is 0 Å². The van der Waals surface area contributed by atoms with Crippen molar-refractivity contribution in [1.82, 2.24) is 5.32 Å². The van der Waals surface area contributed by atoms with Crippen LogP contribution in [0.5, 0.6) is 0 Å². The molecule has 0 spiro atoms. The van der Waals surface area contributed by atoms with E-state index in [4.69, 9.17) is 0 Å². The summed E-state index contributed by atoms with van der Waals surface area (Å²) < 4.78 is 0. The topological polar surface area (TPSA) is 12.0 Å². The SMILES string of the molecule is CCCNC(CC(C)C(C)(C)C)c1sc(C)cc1C. The Morgan fingerprint density at radius 1 is 1.26 bits per heavy atom. The zero-order chi connectivity index (χ0) is 14.6. The van der Waals surface area contributed by atoms with Crippen molar-refractivity contribution in [2.45, 2.75) is 67.3 Å². The zero-order valence-electron chi connectivity index (χ0n) is 13.8. The maximum atomic E-state index is 3.75. The Morgan fingerprint density at radius 3 is 2.32 bits per heavy atom.